The van der Waals surface area contributed by atoms with Crippen LogP contribution < -0.4 is 14.2 Å². The third kappa shape index (κ3) is 5.73. The van der Waals surface area contributed by atoms with Crippen molar-refractivity contribution in [3.05, 3.63) is 65.1 Å². The molecule has 0 spiro atoms. The molecule has 3 rings (SSSR count). The number of rotatable bonds is 8. The number of esters is 1. The summed E-state index contributed by atoms with van der Waals surface area (Å²) in [5.74, 6) is 1.44. The molecular formula is C22H21BrO4. The van der Waals surface area contributed by atoms with Gasteiger partial charge in [-0.15, -0.1) is 0 Å². The fourth-order valence-electron chi connectivity index (χ4n) is 2.53. The van der Waals surface area contributed by atoms with E-state index in [-0.39, 0.29) is 6.61 Å². The van der Waals surface area contributed by atoms with Gasteiger partial charge in [0.15, 0.2) is 6.61 Å². The summed E-state index contributed by atoms with van der Waals surface area (Å²) in [5.41, 5.74) is 0. The molecule has 3 aromatic rings. The van der Waals surface area contributed by atoms with Crippen LogP contribution >= 0.6 is 15.9 Å². The monoisotopic (exact) mass is 428 g/mol. The van der Waals surface area contributed by atoms with Crippen LogP contribution in [0.15, 0.2) is 65.1 Å². The minimum Gasteiger partial charge on any atom is -0.494 e. The second kappa shape index (κ2) is 9.42. The molecule has 0 aliphatic heterocycles. The number of fused-ring (bicyclic) bond motifs is 1. The van der Waals surface area contributed by atoms with Crippen molar-refractivity contribution in [2.24, 2.45) is 0 Å². The number of hydrogen-bond acceptors (Lipinski definition) is 4. The van der Waals surface area contributed by atoms with Crippen molar-refractivity contribution in [2.75, 3.05) is 13.2 Å². The van der Waals surface area contributed by atoms with Gasteiger partial charge < -0.3 is 14.2 Å². The molecule has 0 aliphatic carbocycles. The maximum Gasteiger partial charge on any atom is 0.349 e. The Labute approximate surface area is 167 Å². The van der Waals surface area contributed by atoms with Crippen molar-refractivity contribution in [3.8, 4) is 17.2 Å². The van der Waals surface area contributed by atoms with Crippen molar-refractivity contribution < 1.29 is 19.0 Å². The van der Waals surface area contributed by atoms with Crippen LogP contribution in [-0.2, 0) is 4.79 Å². The Morgan fingerprint density at radius 2 is 1.48 bits per heavy atom. The minimum absolute atomic E-state index is 0.158. The van der Waals surface area contributed by atoms with Gasteiger partial charge in [0, 0.05) is 4.47 Å². The number of ether oxygens (including phenoxy) is 3. The van der Waals surface area contributed by atoms with Crippen molar-refractivity contribution in [1.82, 2.24) is 0 Å². The van der Waals surface area contributed by atoms with Gasteiger partial charge in [-0.05, 0) is 65.7 Å². The van der Waals surface area contributed by atoms with Gasteiger partial charge >= 0.3 is 5.97 Å². The molecule has 0 N–H and O–H groups in total. The zero-order valence-electron chi connectivity index (χ0n) is 15.1. The fraction of sp³-hybridized carbons (Fsp3) is 0.227. The second-order valence-corrected chi connectivity index (χ2v) is 7.01. The first-order valence-corrected chi connectivity index (χ1v) is 9.69. The number of unbranched alkanes of at least 4 members (excludes halogenated alkanes) is 1. The van der Waals surface area contributed by atoms with Gasteiger partial charge in [0.05, 0.1) is 6.61 Å². The van der Waals surface area contributed by atoms with Gasteiger partial charge in [0.2, 0.25) is 0 Å². The molecule has 140 valence electrons. The third-order valence-electron chi connectivity index (χ3n) is 3.95. The predicted molar refractivity (Wildman–Crippen MR) is 110 cm³/mol. The lowest BCUT2D eigenvalue weighted by atomic mass is 10.1. The quantitative estimate of drug-likeness (QED) is 0.259. The molecule has 27 heavy (non-hydrogen) atoms. The van der Waals surface area contributed by atoms with E-state index in [0.29, 0.717) is 18.1 Å². The molecule has 0 atom stereocenters. The van der Waals surface area contributed by atoms with E-state index < -0.39 is 5.97 Å². The van der Waals surface area contributed by atoms with E-state index in [2.05, 4.69) is 22.9 Å². The highest BCUT2D eigenvalue weighted by atomic mass is 79.9. The Kier molecular flexibility index (Phi) is 6.71. The molecular weight excluding hydrogens is 408 g/mol. The highest BCUT2D eigenvalue weighted by Gasteiger charge is 2.07. The summed E-state index contributed by atoms with van der Waals surface area (Å²) >= 11 is 3.44. The lowest BCUT2D eigenvalue weighted by molar-refractivity contribution is -0.136. The van der Waals surface area contributed by atoms with Crippen LogP contribution in [0.3, 0.4) is 0 Å². The van der Waals surface area contributed by atoms with E-state index in [1.165, 1.54) is 0 Å². The molecule has 0 amide bonds. The van der Waals surface area contributed by atoms with Gasteiger partial charge in [-0.25, -0.2) is 4.79 Å². The predicted octanol–water partition coefficient (Wildman–Crippen LogP) is 5.77. The average molecular weight is 429 g/mol. The third-order valence-corrected chi connectivity index (χ3v) is 4.45. The Hall–Kier alpha value is -2.53. The topological polar surface area (TPSA) is 44.8 Å². The Morgan fingerprint density at radius 1 is 0.852 bits per heavy atom. The molecule has 0 heterocycles. The van der Waals surface area contributed by atoms with Crippen molar-refractivity contribution in [2.45, 2.75) is 19.8 Å². The van der Waals surface area contributed by atoms with E-state index in [0.717, 1.165) is 33.8 Å². The summed E-state index contributed by atoms with van der Waals surface area (Å²) < 4.78 is 17.5. The summed E-state index contributed by atoms with van der Waals surface area (Å²) in [5, 5.41) is 2.07. The lowest BCUT2D eigenvalue weighted by Crippen LogP contribution is -2.17. The highest BCUT2D eigenvalue weighted by molar-refractivity contribution is 9.10. The van der Waals surface area contributed by atoms with Crippen LogP contribution in [0.2, 0.25) is 0 Å². The number of carbonyl (C=O) groups is 1. The number of carbonyl (C=O) groups excluding carboxylic acids is 1. The Bertz CT molecular complexity index is 906. The average Bonchev–Trinajstić information content (AvgIpc) is 2.68. The van der Waals surface area contributed by atoms with E-state index in [1.807, 2.05) is 42.5 Å². The number of halogens is 1. The first-order valence-electron chi connectivity index (χ1n) is 8.90. The minimum atomic E-state index is -0.449. The van der Waals surface area contributed by atoms with Gasteiger partial charge in [0.1, 0.15) is 17.2 Å². The van der Waals surface area contributed by atoms with Crippen molar-refractivity contribution >= 4 is 32.7 Å². The van der Waals surface area contributed by atoms with Crippen LogP contribution in [0, 0.1) is 0 Å². The first-order chi connectivity index (χ1) is 13.1. The van der Waals surface area contributed by atoms with E-state index in [1.54, 1.807) is 18.2 Å². The van der Waals surface area contributed by atoms with Gasteiger partial charge in [-0.1, -0.05) is 41.4 Å². The molecule has 0 saturated carbocycles. The molecule has 5 heteroatoms. The Balaban J connectivity index is 1.51. The van der Waals surface area contributed by atoms with Gasteiger partial charge in [-0.3, -0.25) is 0 Å². The molecule has 0 saturated heterocycles. The standard InChI is InChI=1S/C22H21BrO4/c1-2-3-12-25-19-8-10-20(11-9-19)26-15-22(24)27-21-7-5-16-13-18(23)6-4-17(16)14-21/h4-11,13-14H,2-3,12,15H2,1H3. The molecule has 0 bridgehead atoms. The molecule has 0 aromatic heterocycles. The SMILES string of the molecule is CCCCOc1ccc(OCC(=O)Oc2ccc3cc(Br)ccc3c2)cc1. The number of hydrogen-bond donors (Lipinski definition) is 0. The lowest BCUT2D eigenvalue weighted by Gasteiger charge is -2.09. The fourth-order valence-corrected chi connectivity index (χ4v) is 2.91. The van der Waals surface area contributed by atoms with Gasteiger partial charge in [0.25, 0.3) is 0 Å². The zero-order valence-corrected chi connectivity index (χ0v) is 16.7. The largest absolute Gasteiger partial charge is 0.494 e. The summed E-state index contributed by atoms with van der Waals surface area (Å²) in [7, 11) is 0. The maximum atomic E-state index is 12.0. The van der Waals surface area contributed by atoms with Crippen molar-refractivity contribution in [3.63, 3.8) is 0 Å². The van der Waals surface area contributed by atoms with E-state index in [9.17, 15) is 4.79 Å². The highest BCUT2D eigenvalue weighted by Crippen LogP contribution is 2.24. The summed E-state index contributed by atoms with van der Waals surface area (Å²) in [6.07, 6.45) is 2.12. The molecule has 0 aliphatic rings. The second-order valence-electron chi connectivity index (χ2n) is 6.09. The summed E-state index contributed by atoms with van der Waals surface area (Å²) in [6.45, 7) is 2.66. The molecule has 4 nitrogen and oxygen atoms in total. The maximum absolute atomic E-state index is 12.0. The van der Waals surface area contributed by atoms with Crippen LogP contribution in [0.25, 0.3) is 10.8 Å². The van der Waals surface area contributed by atoms with Crippen LogP contribution in [0.4, 0.5) is 0 Å². The molecule has 3 aromatic carbocycles. The molecule has 0 fully saturated rings. The molecule has 0 radical (unpaired) electrons. The van der Waals surface area contributed by atoms with E-state index in [4.69, 9.17) is 14.2 Å². The smallest absolute Gasteiger partial charge is 0.349 e. The first kappa shape index (κ1) is 19.2. The summed E-state index contributed by atoms with van der Waals surface area (Å²) in [6, 6.07) is 18.7. The zero-order chi connectivity index (χ0) is 19.1. The Morgan fingerprint density at radius 3 is 2.22 bits per heavy atom. The number of benzene rings is 3. The van der Waals surface area contributed by atoms with Crippen LogP contribution in [0.5, 0.6) is 17.2 Å². The van der Waals surface area contributed by atoms with Crippen LogP contribution in [0.1, 0.15) is 19.8 Å². The normalized spacial score (nSPS) is 10.6. The molecule has 0 unspecified atom stereocenters. The van der Waals surface area contributed by atoms with Gasteiger partial charge in [-0.2, -0.15) is 0 Å². The van der Waals surface area contributed by atoms with E-state index >= 15 is 0 Å². The van der Waals surface area contributed by atoms with Crippen LogP contribution in [-0.4, -0.2) is 19.2 Å². The summed E-state index contributed by atoms with van der Waals surface area (Å²) in [4.78, 5) is 12.0. The van der Waals surface area contributed by atoms with Crippen molar-refractivity contribution in [1.29, 1.82) is 0 Å².